The van der Waals surface area contributed by atoms with E-state index in [9.17, 15) is 0 Å². The Balaban J connectivity index is 1.85. The highest BCUT2D eigenvalue weighted by Gasteiger charge is 2.18. The van der Waals surface area contributed by atoms with Crippen LogP contribution in [0.1, 0.15) is 24.8 Å². The van der Waals surface area contributed by atoms with Gasteiger partial charge < -0.3 is 15.2 Å². The van der Waals surface area contributed by atoms with Crippen molar-refractivity contribution in [1.29, 1.82) is 0 Å². The van der Waals surface area contributed by atoms with Gasteiger partial charge in [-0.2, -0.15) is 0 Å². The average Bonchev–Trinajstić information content (AvgIpc) is 2.45. The third-order valence-corrected chi connectivity index (χ3v) is 3.97. The number of methoxy groups -OCH3 is 1. The molecule has 3 heteroatoms. The molecule has 0 radical (unpaired) electrons. The number of ether oxygens (including phenoxy) is 2. The first-order valence-corrected chi connectivity index (χ1v) is 7.40. The Bertz CT molecular complexity index is 620. The molecule has 0 heterocycles. The smallest absolute Gasteiger partial charge is 0.126 e. The molecule has 0 atom stereocenters. The van der Waals surface area contributed by atoms with E-state index in [4.69, 9.17) is 15.2 Å². The van der Waals surface area contributed by atoms with Crippen molar-refractivity contribution in [1.82, 2.24) is 0 Å². The van der Waals surface area contributed by atoms with Crippen molar-refractivity contribution in [3.05, 3.63) is 48.0 Å². The van der Waals surface area contributed by atoms with E-state index in [1.165, 1.54) is 19.3 Å². The molecule has 0 aliphatic heterocycles. The van der Waals surface area contributed by atoms with Crippen LogP contribution in [0.5, 0.6) is 5.75 Å². The second-order valence-corrected chi connectivity index (χ2v) is 5.53. The van der Waals surface area contributed by atoms with Gasteiger partial charge in [0.2, 0.25) is 0 Å². The largest absolute Gasteiger partial charge is 0.496 e. The highest BCUT2D eigenvalue weighted by atomic mass is 16.5. The van der Waals surface area contributed by atoms with E-state index in [-0.39, 0.29) is 0 Å². The molecular weight excluding hydrogens is 262 g/mol. The SMILES string of the molecule is COc1ccccc1-c1cc(N)cc(COC2CCC2)c1. The third-order valence-electron chi connectivity index (χ3n) is 3.97. The van der Waals surface area contributed by atoms with Gasteiger partial charge in [0.05, 0.1) is 19.8 Å². The maximum Gasteiger partial charge on any atom is 0.126 e. The van der Waals surface area contributed by atoms with E-state index >= 15 is 0 Å². The van der Waals surface area contributed by atoms with Gasteiger partial charge in [-0.1, -0.05) is 18.2 Å². The molecule has 0 spiro atoms. The summed E-state index contributed by atoms with van der Waals surface area (Å²) in [7, 11) is 1.69. The van der Waals surface area contributed by atoms with Gasteiger partial charge >= 0.3 is 0 Å². The van der Waals surface area contributed by atoms with Gasteiger partial charge in [-0.25, -0.2) is 0 Å². The molecule has 0 amide bonds. The molecule has 2 aromatic rings. The Morgan fingerprint density at radius 1 is 1.14 bits per heavy atom. The molecule has 1 aliphatic rings. The molecule has 0 unspecified atom stereocenters. The quantitative estimate of drug-likeness (QED) is 0.843. The van der Waals surface area contributed by atoms with E-state index in [0.29, 0.717) is 12.7 Å². The van der Waals surface area contributed by atoms with E-state index in [1.807, 2.05) is 36.4 Å². The zero-order chi connectivity index (χ0) is 14.7. The second kappa shape index (κ2) is 6.19. The van der Waals surface area contributed by atoms with Crippen molar-refractivity contribution in [3.8, 4) is 16.9 Å². The van der Waals surface area contributed by atoms with Gasteiger partial charge in [-0.3, -0.25) is 0 Å². The molecule has 0 aromatic heterocycles. The third kappa shape index (κ3) is 3.19. The van der Waals surface area contributed by atoms with Crippen LogP contribution >= 0.6 is 0 Å². The summed E-state index contributed by atoms with van der Waals surface area (Å²) in [6.07, 6.45) is 4.08. The Kier molecular flexibility index (Phi) is 4.11. The topological polar surface area (TPSA) is 44.5 Å². The van der Waals surface area contributed by atoms with Gasteiger partial charge in [-0.15, -0.1) is 0 Å². The zero-order valence-electron chi connectivity index (χ0n) is 12.3. The first kappa shape index (κ1) is 14.0. The lowest BCUT2D eigenvalue weighted by Gasteiger charge is -2.25. The molecular formula is C18H21NO2. The fraction of sp³-hybridized carbons (Fsp3) is 0.333. The summed E-state index contributed by atoms with van der Waals surface area (Å²) < 4.78 is 11.3. The van der Waals surface area contributed by atoms with Gasteiger partial charge in [0.1, 0.15) is 5.75 Å². The molecule has 1 fully saturated rings. The van der Waals surface area contributed by atoms with Gasteiger partial charge in [0.15, 0.2) is 0 Å². The summed E-state index contributed by atoms with van der Waals surface area (Å²) in [5.41, 5.74) is 10.0. The first-order valence-electron chi connectivity index (χ1n) is 7.40. The first-order chi connectivity index (χ1) is 10.3. The van der Waals surface area contributed by atoms with Crippen molar-refractivity contribution < 1.29 is 9.47 Å². The zero-order valence-corrected chi connectivity index (χ0v) is 12.3. The number of nitrogens with two attached hydrogens (primary N) is 1. The van der Waals surface area contributed by atoms with Crippen LogP contribution in [0, 0.1) is 0 Å². The Morgan fingerprint density at radius 2 is 1.95 bits per heavy atom. The summed E-state index contributed by atoms with van der Waals surface area (Å²) >= 11 is 0. The molecule has 1 aliphatic carbocycles. The minimum atomic E-state index is 0.432. The molecule has 21 heavy (non-hydrogen) atoms. The van der Waals surface area contributed by atoms with Crippen molar-refractivity contribution >= 4 is 5.69 Å². The maximum atomic E-state index is 6.04. The summed E-state index contributed by atoms with van der Waals surface area (Å²) in [4.78, 5) is 0. The van der Waals surface area contributed by atoms with E-state index in [0.717, 1.165) is 28.1 Å². The second-order valence-electron chi connectivity index (χ2n) is 5.53. The molecule has 0 bridgehead atoms. The molecule has 2 aromatic carbocycles. The molecule has 0 saturated heterocycles. The van der Waals surface area contributed by atoms with Crippen molar-refractivity contribution in [3.63, 3.8) is 0 Å². The normalized spacial score (nSPS) is 14.7. The number of hydrogen-bond donors (Lipinski definition) is 1. The summed E-state index contributed by atoms with van der Waals surface area (Å²) in [6.45, 7) is 0.623. The van der Waals surface area contributed by atoms with Crippen LogP contribution in [0.2, 0.25) is 0 Å². The van der Waals surface area contributed by atoms with Crippen molar-refractivity contribution in [2.45, 2.75) is 32.0 Å². The highest BCUT2D eigenvalue weighted by Crippen LogP contribution is 2.32. The van der Waals surface area contributed by atoms with E-state index in [2.05, 4.69) is 6.07 Å². The number of nitrogen functional groups attached to an aromatic ring is 1. The Labute approximate surface area is 125 Å². The van der Waals surface area contributed by atoms with Crippen LogP contribution in [0.4, 0.5) is 5.69 Å². The van der Waals surface area contributed by atoms with Crippen molar-refractivity contribution in [2.75, 3.05) is 12.8 Å². The van der Waals surface area contributed by atoms with Crippen LogP contribution in [-0.4, -0.2) is 13.2 Å². The minimum absolute atomic E-state index is 0.432. The molecule has 3 nitrogen and oxygen atoms in total. The Hall–Kier alpha value is -2.00. The monoisotopic (exact) mass is 283 g/mol. The number of anilines is 1. The van der Waals surface area contributed by atoms with E-state index in [1.54, 1.807) is 7.11 Å². The number of para-hydroxylation sites is 1. The van der Waals surface area contributed by atoms with Crippen LogP contribution in [0.25, 0.3) is 11.1 Å². The number of rotatable bonds is 5. The predicted molar refractivity (Wildman–Crippen MR) is 85.3 cm³/mol. The van der Waals surface area contributed by atoms with Gasteiger partial charge in [0.25, 0.3) is 0 Å². The maximum absolute atomic E-state index is 6.04. The van der Waals surface area contributed by atoms with Crippen LogP contribution < -0.4 is 10.5 Å². The van der Waals surface area contributed by atoms with Gasteiger partial charge in [0, 0.05) is 11.3 Å². The average molecular weight is 283 g/mol. The number of hydrogen-bond acceptors (Lipinski definition) is 3. The highest BCUT2D eigenvalue weighted by molar-refractivity contribution is 5.73. The summed E-state index contributed by atoms with van der Waals surface area (Å²) in [6, 6.07) is 14.1. The van der Waals surface area contributed by atoms with Crippen molar-refractivity contribution in [2.24, 2.45) is 0 Å². The van der Waals surface area contributed by atoms with E-state index < -0.39 is 0 Å². The van der Waals surface area contributed by atoms with Gasteiger partial charge in [-0.05, 0) is 54.7 Å². The Morgan fingerprint density at radius 3 is 2.67 bits per heavy atom. The molecule has 2 N–H and O–H groups in total. The predicted octanol–water partition coefficient (Wildman–Crippen LogP) is 4.01. The summed E-state index contributed by atoms with van der Waals surface area (Å²) in [5.74, 6) is 0.856. The molecule has 3 rings (SSSR count). The standard InChI is InChI=1S/C18H21NO2/c1-20-18-8-3-2-7-17(18)14-9-13(10-15(19)11-14)12-21-16-5-4-6-16/h2-3,7-11,16H,4-6,12,19H2,1H3. The lowest BCUT2D eigenvalue weighted by atomic mass is 9.96. The minimum Gasteiger partial charge on any atom is -0.496 e. The molecule has 1 saturated carbocycles. The summed E-state index contributed by atoms with van der Waals surface area (Å²) in [5, 5.41) is 0. The fourth-order valence-corrected chi connectivity index (χ4v) is 2.59. The lowest BCUT2D eigenvalue weighted by Crippen LogP contribution is -2.21. The van der Waals surface area contributed by atoms with Crippen LogP contribution in [0.15, 0.2) is 42.5 Å². The van der Waals surface area contributed by atoms with Crippen LogP contribution in [-0.2, 0) is 11.3 Å². The molecule has 110 valence electrons. The lowest BCUT2D eigenvalue weighted by molar-refractivity contribution is -0.00863. The fourth-order valence-electron chi connectivity index (χ4n) is 2.59. The van der Waals surface area contributed by atoms with Crippen LogP contribution in [0.3, 0.4) is 0 Å². The number of benzene rings is 2.